The van der Waals surface area contributed by atoms with Crippen LogP contribution in [0, 0.1) is 11.3 Å². The molecule has 0 aliphatic rings. The van der Waals surface area contributed by atoms with Crippen LogP contribution in [0.5, 0.6) is 0 Å². The number of thiazole rings is 1. The van der Waals surface area contributed by atoms with Crippen molar-refractivity contribution in [2.75, 3.05) is 18.4 Å². The van der Waals surface area contributed by atoms with E-state index in [4.69, 9.17) is 5.26 Å². The predicted molar refractivity (Wildman–Crippen MR) is 97.8 cm³/mol. The fourth-order valence-corrected chi connectivity index (χ4v) is 5.00. The highest BCUT2D eigenvalue weighted by molar-refractivity contribution is 7.89. The molecule has 0 saturated heterocycles. The fourth-order valence-electron chi connectivity index (χ4n) is 2.35. The Bertz CT molecular complexity index is 894. The fraction of sp³-hybridized carbons (Fsp3) is 0.438. The number of aromatic nitrogens is 1. The first-order valence-electron chi connectivity index (χ1n) is 8.00. The molecule has 0 atom stereocenters. The maximum Gasteiger partial charge on any atom is 0.243 e. The molecule has 0 aliphatic heterocycles. The number of sulfonamides is 1. The number of benzene rings is 1. The number of nitriles is 1. The minimum atomic E-state index is -3.56. The lowest BCUT2D eigenvalue weighted by atomic mass is 10.3. The molecule has 2 aromatic rings. The van der Waals surface area contributed by atoms with E-state index in [-0.39, 0.29) is 11.3 Å². The van der Waals surface area contributed by atoms with Crippen molar-refractivity contribution in [3.63, 3.8) is 0 Å². The van der Waals surface area contributed by atoms with Crippen LogP contribution in [0.25, 0.3) is 10.2 Å². The molecule has 1 N–H and O–H groups in total. The van der Waals surface area contributed by atoms with Crippen molar-refractivity contribution in [2.24, 2.45) is 0 Å². The number of carbonyl (C=O) groups is 1. The van der Waals surface area contributed by atoms with Crippen LogP contribution in [0.2, 0.25) is 0 Å². The van der Waals surface area contributed by atoms with Gasteiger partial charge in [0.1, 0.15) is 6.42 Å². The van der Waals surface area contributed by atoms with Gasteiger partial charge in [0, 0.05) is 13.1 Å². The second-order valence-electron chi connectivity index (χ2n) is 5.44. The number of rotatable bonds is 8. The summed E-state index contributed by atoms with van der Waals surface area (Å²) in [6.45, 7) is 4.85. The minimum absolute atomic E-state index is 0.223. The van der Waals surface area contributed by atoms with Gasteiger partial charge in [-0.05, 0) is 31.0 Å². The number of carbonyl (C=O) groups excluding carboxylic acids is 1. The van der Waals surface area contributed by atoms with Crippen LogP contribution in [0.3, 0.4) is 0 Å². The SMILES string of the molecule is CCCN(CCC)S(=O)(=O)c1ccc2nc(NC(=O)CC#N)sc2c1. The van der Waals surface area contributed by atoms with E-state index in [2.05, 4.69) is 10.3 Å². The van der Waals surface area contributed by atoms with E-state index in [1.165, 1.54) is 21.7 Å². The summed E-state index contributed by atoms with van der Waals surface area (Å²) >= 11 is 1.18. The monoisotopic (exact) mass is 380 g/mol. The third kappa shape index (κ3) is 4.54. The molecule has 1 aromatic heterocycles. The number of anilines is 1. The number of fused-ring (bicyclic) bond motifs is 1. The molecule has 1 aromatic carbocycles. The lowest BCUT2D eigenvalue weighted by molar-refractivity contribution is -0.115. The first-order valence-corrected chi connectivity index (χ1v) is 10.3. The van der Waals surface area contributed by atoms with Crippen molar-refractivity contribution in [3.8, 4) is 6.07 Å². The van der Waals surface area contributed by atoms with E-state index < -0.39 is 15.9 Å². The molecule has 0 bridgehead atoms. The van der Waals surface area contributed by atoms with Gasteiger partial charge in [0.15, 0.2) is 5.13 Å². The normalized spacial score (nSPS) is 11.6. The van der Waals surface area contributed by atoms with Gasteiger partial charge in [-0.3, -0.25) is 4.79 Å². The Hall–Kier alpha value is -2.02. The zero-order valence-corrected chi connectivity index (χ0v) is 15.8. The molecule has 0 saturated carbocycles. The van der Waals surface area contributed by atoms with Crippen molar-refractivity contribution in [3.05, 3.63) is 18.2 Å². The van der Waals surface area contributed by atoms with Crippen molar-refractivity contribution in [1.82, 2.24) is 9.29 Å². The maximum atomic E-state index is 12.8. The summed E-state index contributed by atoms with van der Waals surface area (Å²) in [5, 5.41) is 11.4. The van der Waals surface area contributed by atoms with Gasteiger partial charge < -0.3 is 5.32 Å². The zero-order chi connectivity index (χ0) is 18.4. The number of nitrogens with one attached hydrogen (secondary N) is 1. The highest BCUT2D eigenvalue weighted by Gasteiger charge is 2.23. The van der Waals surface area contributed by atoms with E-state index in [1.807, 2.05) is 13.8 Å². The standard InChI is InChI=1S/C16H20N4O3S2/c1-3-9-20(10-4-2)25(22,23)12-5-6-13-14(11-12)24-16(18-13)19-15(21)7-8-17/h5-6,11H,3-4,7,9-10H2,1-2H3,(H,18,19,21). The Morgan fingerprint density at radius 1 is 1.32 bits per heavy atom. The largest absolute Gasteiger partial charge is 0.301 e. The topological polar surface area (TPSA) is 103 Å². The second-order valence-corrected chi connectivity index (χ2v) is 8.40. The average Bonchev–Trinajstić information content (AvgIpc) is 2.95. The van der Waals surface area contributed by atoms with Crippen molar-refractivity contribution in [1.29, 1.82) is 5.26 Å². The van der Waals surface area contributed by atoms with Gasteiger partial charge in [-0.15, -0.1) is 0 Å². The molecule has 134 valence electrons. The molecule has 0 fully saturated rings. The molecule has 0 unspecified atom stereocenters. The third-order valence-corrected chi connectivity index (χ3v) is 6.26. The van der Waals surface area contributed by atoms with Crippen LogP contribution >= 0.6 is 11.3 Å². The van der Waals surface area contributed by atoms with Gasteiger partial charge in [0.2, 0.25) is 15.9 Å². The molecular formula is C16H20N4O3S2. The number of hydrogen-bond acceptors (Lipinski definition) is 6. The number of amides is 1. The summed E-state index contributed by atoms with van der Waals surface area (Å²) in [7, 11) is -3.56. The molecule has 0 spiro atoms. The summed E-state index contributed by atoms with van der Waals surface area (Å²) in [6.07, 6.45) is 1.24. The Morgan fingerprint density at radius 3 is 2.60 bits per heavy atom. The van der Waals surface area contributed by atoms with Crippen molar-refractivity contribution >= 4 is 42.6 Å². The van der Waals surface area contributed by atoms with Gasteiger partial charge in [0.05, 0.1) is 21.2 Å². The smallest absolute Gasteiger partial charge is 0.243 e. The molecule has 9 heteroatoms. The zero-order valence-electron chi connectivity index (χ0n) is 14.2. The van der Waals surface area contributed by atoms with Gasteiger partial charge in [-0.2, -0.15) is 9.57 Å². The highest BCUT2D eigenvalue weighted by atomic mass is 32.2. The second kappa shape index (κ2) is 8.38. The average molecular weight is 380 g/mol. The molecule has 0 aliphatic carbocycles. The van der Waals surface area contributed by atoms with Gasteiger partial charge >= 0.3 is 0 Å². The Kier molecular flexibility index (Phi) is 6.47. The quantitative estimate of drug-likeness (QED) is 0.758. The molecular weight excluding hydrogens is 360 g/mol. The van der Waals surface area contributed by atoms with Gasteiger partial charge in [0.25, 0.3) is 0 Å². The number of hydrogen-bond donors (Lipinski definition) is 1. The van der Waals surface area contributed by atoms with Crippen LogP contribution in [0.1, 0.15) is 33.1 Å². The Balaban J connectivity index is 2.33. The Morgan fingerprint density at radius 2 is 2.00 bits per heavy atom. The number of nitrogens with zero attached hydrogens (tertiary/aromatic N) is 3. The van der Waals surface area contributed by atoms with Crippen LogP contribution in [0.4, 0.5) is 5.13 Å². The molecule has 7 nitrogen and oxygen atoms in total. The van der Waals surface area contributed by atoms with Crippen molar-refractivity contribution < 1.29 is 13.2 Å². The van der Waals surface area contributed by atoms with E-state index in [9.17, 15) is 13.2 Å². The molecule has 1 amide bonds. The Labute approximate surface area is 151 Å². The van der Waals surface area contributed by atoms with E-state index >= 15 is 0 Å². The lowest BCUT2D eigenvalue weighted by Gasteiger charge is -2.20. The molecule has 0 radical (unpaired) electrons. The minimum Gasteiger partial charge on any atom is -0.301 e. The van der Waals surface area contributed by atoms with E-state index in [0.717, 1.165) is 12.8 Å². The molecule has 25 heavy (non-hydrogen) atoms. The first kappa shape index (κ1) is 19.3. The lowest BCUT2D eigenvalue weighted by Crippen LogP contribution is -2.32. The van der Waals surface area contributed by atoms with E-state index in [0.29, 0.717) is 28.4 Å². The van der Waals surface area contributed by atoms with Crippen LogP contribution in [-0.2, 0) is 14.8 Å². The third-order valence-electron chi connectivity index (χ3n) is 3.43. The summed E-state index contributed by atoms with van der Waals surface area (Å²) in [6, 6.07) is 6.52. The summed E-state index contributed by atoms with van der Waals surface area (Å²) in [5.41, 5.74) is 0.605. The maximum absolute atomic E-state index is 12.8. The predicted octanol–water partition coefficient (Wildman–Crippen LogP) is 2.96. The van der Waals surface area contributed by atoms with Gasteiger partial charge in [-0.1, -0.05) is 25.2 Å². The summed E-state index contributed by atoms with van der Waals surface area (Å²) in [4.78, 5) is 15.9. The summed E-state index contributed by atoms with van der Waals surface area (Å²) < 4.78 is 27.8. The van der Waals surface area contributed by atoms with E-state index in [1.54, 1.807) is 18.2 Å². The highest BCUT2D eigenvalue weighted by Crippen LogP contribution is 2.29. The van der Waals surface area contributed by atoms with Crippen LogP contribution in [0.15, 0.2) is 23.1 Å². The first-order chi connectivity index (χ1) is 11.9. The van der Waals surface area contributed by atoms with Gasteiger partial charge in [-0.25, -0.2) is 13.4 Å². The van der Waals surface area contributed by atoms with Crippen LogP contribution < -0.4 is 5.32 Å². The summed E-state index contributed by atoms with van der Waals surface area (Å²) in [5.74, 6) is -0.438. The molecule has 1 heterocycles. The van der Waals surface area contributed by atoms with Crippen LogP contribution in [-0.4, -0.2) is 36.7 Å². The molecule has 2 rings (SSSR count). The van der Waals surface area contributed by atoms with Crippen molar-refractivity contribution in [2.45, 2.75) is 38.0 Å².